The Labute approximate surface area is 206 Å². The Balaban J connectivity index is 1.51. The van der Waals surface area contributed by atoms with Crippen LogP contribution in [0.4, 0.5) is 0 Å². The van der Waals surface area contributed by atoms with Crippen LogP contribution in [0.2, 0.25) is 0 Å². The molecule has 0 atom stereocenters. The highest BCUT2D eigenvalue weighted by Crippen LogP contribution is 2.38. The number of unbranched alkanes of at least 4 members (excludes halogenated alkanes) is 2. The van der Waals surface area contributed by atoms with Crippen LogP contribution in [-0.2, 0) is 12.8 Å². The van der Waals surface area contributed by atoms with Gasteiger partial charge in [-0.25, -0.2) is 0 Å². The standard InChI is InChI=1S/C34H36/c1-3-5-8-27-12-16-29(17-13-27)20-21-31-23-25-33(34(26-31)32-10-7-11-32)24-22-30-18-14-28(15-19-30)9-6-4-2/h12-19,23,25-26,32H,3-11H2,1-2H3. The van der Waals surface area contributed by atoms with Crippen molar-refractivity contribution in [1.82, 2.24) is 0 Å². The third-order valence-electron chi connectivity index (χ3n) is 6.84. The molecule has 1 aliphatic carbocycles. The SMILES string of the molecule is CCCCc1ccc(C#Cc2ccc(C#Cc3ccc(CCCC)cc3)c(C3CCC3)c2)cc1. The van der Waals surface area contributed by atoms with Crippen LogP contribution in [0.15, 0.2) is 66.7 Å². The molecular weight excluding hydrogens is 408 g/mol. The molecule has 1 aliphatic rings. The number of benzene rings is 3. The minimum atomic E-state index is 0.625. The zero-order valence-corrected chi connectivity index (χ0v) is 20.8. The maximum Gasteiger partial charge on any atom is 0.0284 e. The van der Waals surface area contributed by atoms with Gasteiger partial charge >= 0.3 is 0 Å². The Kier molecular flexibility index (Phi) is 8.65. The van der Waals surface area contributed by atoms with Crippen LogP contribution in [0.25, 0.3) is 0 Å². The first-order valence-electron chi connectivity index (χ1n) is 13.1. The van der Waals surface area contributed by atoms with Gasteiger partial charge in [-0.05, 0) is 104 Å². The third kappa shape index (κ3) is 6.65. The van der Waals surface area contributed by atoms with Gasteiger partial charge in [0.2, 0.25) is 0 Å². The summed E-state index contributed by atoms with van der Waals surface area (Å²) >= 11 is 0. The summed E-state index contributed by atoms with van der Waals surface area (Å²) in [5.74, 6) is 14.2. The highest BCUT2D eigenvalue weighted by atomic mass is 14.3. The lowest BCUT2D eigenvalue weighted by Gasteiger charge is -2.27. The van der Waals surface area contributed by atoms with Gasteiger partial charge < -0.3 is 0 Å². The van der Waals surface area contributed by atoms with Gasteiger partial charge in [0.25, 0.3) is 0 Å². The molecule has 0 radical (unpaired) electrons. The third-order valence-corrected chi connectivity index (χ3v) is 6.84. The van der Waals surface area contributed by atoms with Crippen LogP contribution in [0.3, 0.4) is 0 Å². The van der Waals surface area contributed by atoms with Gasteiger partial charge in [-0.2, -0.15) is 0 Å². The highest BCUT2D eigenvalue weighted by Gasteiger charge is 2.22. The zero-order chi connectivity index (χ0) is 23.6. The topological polar surface area (TPSA) is 0 Å². The second-order valence-electron chi connectivity index (χ2n) is 9.53. The van der Waals surface area contributed by atoms with Crippen molar-refractivity contribution in [2.45, 2.75) is 77.6 Å². The molecule has 0 saturated heterocycles. The molecule has 0 bridgehead atoms. The van der Waals surface area contributed by atoms with E-state index in [9.17, 15) is 0 Å². The molecule has 0 spiro atoms. The molecule has 3 aromatic rings. The maximum atomic E-state index is 3.47. The van der Waals surface area contributed by atoms with Crippen molar-refractivity contribution < 1.29 is 0 Å². The largest absolute Gasteiger partial charge is 0.0654 e. The van der Waals surface area contributed by atoms with E-state index in [1.165, 1.54) is 61.6 Å². The molecule has 4 rings (SSSR count). The van der Waals surface area contributed by atoms with Crippen LogP contribution in [0.1, 0.15) is 104 Å². The van der Waals surface area contributed by atoms with Gasteiger partial charge in [0.05, 0.1) is 0 Å². The fourth-order valence-corrected chi connectivity index (χ4v) is 4.37. The first-order valence-corrected chi connectivity index (χ1v) is 13.1. The van der Waals surface area contributed by atoms with E-state index in [4.69, 9.17) is 0 Å². The van der Waals surface area contributed by atoms with Crippen LogP contribution in [-0.4, -0.2) is 0 Å². The van der Waals surface area contributed by atoms with Gasteiger partial charge in [-0.1, -0.05) is 81.1 Å². The van der Waals surface area contributed by atoms with Gasteiger partial charge in [0.1, 0.15) is 0 Å². The average Bonchev–Trinajstić information content (AvgIpc) is 2.84. The van der Waals surface area contributed by atoms with Crippen molar-refractivity contribution in [1.29, 1.82) is 0 Å². The van der Waals surface area contributed by atoms with Crippen molar-refractivity contribution in [2.24, 2.45) is 0 Å². The Bertz CT molecular complexity index is 1180. The van der Waals surface area contributed by atoms with Crippen molar-refractivity contribution >= 4 is 0 Å². The maximum absolute atomic E-state index is 3.47. The molecule has 1 fully saturated rings. The number of rotatable bonds is 7. The Morgan fingerprint density at radius 3 is 1.62 bits per heavy atom. The second-order valence-corrected chi connectivity index (χ2v) is 9.53. The van der Waals surface area contributed by atoms with Gasteiger partial charge in [0, 0.05) is 22.3 Å². The highest BCUT2D eigenvalue weighted by molar-refractivity contribution is 5.53. The zero-order valence-electron chi connectivity index (χ0n) is 20.8. The van der Waals surface area contributed by atoms with Crippen molar-refractivity contribution in [3.8, 4) is 23.7 Å². The summed E-state index contributed by atoms with van der Waals surface area (Å²) in [5, 5.41) is 0. The number of hydrogen-bond donors (Lipinski definition) is 0. The van der Waals surface area contributed by atoms with Crippen molar-refractivity contribution in [3.05, 3.63) is 106 Å². The molecule has 0 heteroatoms. The number of aryl methyl sites for hydroxylation is 2. The van der Waals surface area contributed by atoms with E-state index in [2.05, 4.69) is 104 Å². The van der Waals surface area contributed by atoms with E-state index in [1.54, 1.807) is 0 Å². The number of hydrogen-bond acceptors (Lipinski definition) is 0. The molecule has 0 heterocycles. The first kappa shape index (κ1) is 23.9. The lowest BCUT2D eigenvalue weighted by molar-refractivity contribution is 0.419. The summed E-state index contributed by atoms with van der Waals surface area (Å²) in [5.41, 5.74) is 8.59. The van der Waals surface area contributed by atoms with Crippen molar-refractivity contribution in [3.63, 3.8) is 0 Å². The van der Waals surface area contributed by atoms with E-state index in [1.807, 2.05) is 0 Å². The quantitative estimate of drug-likeness (QED) is 0.321. The van der Waals surface area contributed by atoms with Gasteiger partial charge in [-0.3, -0.25) is 0 Å². The molecule has 172 valence electrons. The molecule has 0 unspecified atom stereocenters. The summed E-state index contributed by atoms with van der Waals surface area (Å²) < 4.78 is 0. The van der Waals surface area contributed by atoms with E-state index in [0.29, 0.717) is 5.92 Å². The van der Waals surface area contributed by atoms with Crippen LogP contribution >= 0.6 is 0 Å². The van der Waals surface area contributed by atoms with Gasteiger partial charge in [-0.15, -0.1) is 0 Å². The molecule has 3 aromatic carbocycles. The predicted octanol–water partition coefficient (Wildman–Crippen LogP) is 8.44. The summed E-state index contributed by atoms with van der Waals surface area (Å²) in [4.78, 5) is 0. The normalized spacial score (nSPS) is 12.8. The molecule has 34 heavy (non-hydrogen) atoms. The molecular formula is C34H36. The molecule has 0 N–H and O–H groups in total. The average molecular weight is 445 g/mol. The summed E-state index contributed by atoms with van der Waals surface area (Å²) in [7, 11) is 0. The summed E-state index contributed by atoms with van der Waals surface area (Å²) in [6, 6.07) is 24.1. The minimum absolute atomic E-state index is 0.625. The minimum Gasteiger partial charge on any atom is -0.0654 e. The van der Waals surface area contributed by atoms with Crippen molar-refractivity contribution in [2.75, 3.05) is 0 Å². The fraction of sp³-hybridized carbons (Fsp3) is 0.353. The molecule has 1 saturated carbocycles. The Hall–Kier alpha value is -3.22. The van der Waals surface area contributed by atoms with Crippen LogP contribution < -0.4 is 0 Å². The second kappa shape index (κ2) is 12.3. The Morgan fingerprint density at radius 1 is 0.618 bits per heavy atom. The van der Waals surface area contributed by atoms with E-state index >= 15 is 0 Å². The lowest BCUT2D eigenvalue weighted by Crippen LogP contribution is -2.10. The van der Waals surface area contributed by atoms with Crippen LogP contribution in [0.5, 0.6) is 0 Å². The lowest BCUT2D eigenvalue weighted by atomic mass is 9.78. The molecule has 0 aromatic heterocycles. The fourth-order valence-electron chi connectivity index (χ4n) is 4.37. The first-order chi connectivity index (χ1) is 16.7. The van der Waals surface area contributed by atoms with E-state index < -0.39 is 0 Å². The molecule has 0 amide bonds. The monoisotopic (exact) mass is 444 g/mol. The van der Waals surface area contributed by atoms with Gasteiger partial charge in [0.15, 0.2) is 0 Å². The predicted molar refractivity (Wildman–Crippen MR) is 145 cm³/mol. The molecule has 0 nitrogen and oxygen atoms in total. The van der Waals surface area contributed by atoms with E-state index in [0.717, 1.165) is 35.1 Å². The summed E-state index contributed by atoms with van der Waals surface area (Å²) in [6.45, 7) is 4.47. The Morgan fingerprint density at radius 2 is 1.12 bits per heavy atom. The molecule has 0 aliphatic heterocycles. The van der Waals surface area contributed by atoms with Crippen LogP contribution in [0, 0.1) is 23.7 Å². The van der Waals surface area contributed by atoms with E-state index in [-0.39, 0.29) is 0 Å². The summed E-state index contributed by atoms with van der Waals surface area (Å²) in [6.07, 6.45) is 11.1. The smallest absolute Gasteiger partial charge is 0.0284 e.